The first-order valence-electron chi connectivity index (χ1n) is 5.99. The molecule has 1 aliphatic heterocycles. The molecule has 2 heterocycles. The summed E-state index contributed by atoms with van der Waals surface area (Å²) in [6.45, 7) is 0.979. The number of ether oxygens (including phenoxy) is 1. The van der Waals surface area contributed by atoms with Gasteiger partial charge >= 0.3 is 0 Å². The normalized spacial score (nSPS) is 13.8. The molecule has 0 spiro atoms. The van der Waals surface area contributed by atoms with Crippen LogP contribution in [0.15, 0.2) is 30.5 Å². The van der Waals surface area contributed by atoms with E-state index < -0.39 is 0 Å². The third-order valence-corrected chi connectivity index (χ3v) is 3.19. The molecule has 19 heavy (non-hydrogen) atoms. The predicted octanol–water partition coefficient (Wildman–Crippen LogP) is 1.04. The van der Waals surface area contributed by atoms with E-state index in [-0.39, 0.29) is 5.91 Å². The minimum absolute atomic E-state index is 0.152. The van der Waals surface area contributed by atoms with Crippen molar-refractivity contribution in [2.45, 2.75) is 0 Å². The van der Waals surface area contributed by atoms with E-state index in [4.69, 9.17) is 10.5 Å². The summed E-state index contributed by atoms with van der Waals surface area (Å²) in [5.74, 6) is 0.930. The summed E-state index contributed by atoms with van der Waals surface area (Å²) in [5.41, 5.74) is 7.03. The molecule has 0 unspecified atom stereocenters. The second-order valence-electron chi connectivity index (χ2n) is 4.34. The molecular weight excluding hydrogens is 244 g/mol. The number of para-hydroxylation sites is 2. The molecule has 0 bridgehead atoms. The van der Waals surface area contributed by atoms with Gasteiger partial charge < -0.3 is 15.4 Å². The standard InChI is InChI=1S/C13H14N4O2/c1-16-12(14)9(8-15-16)13(18)17-6-7-19-11-5-3-2-4-10(11)17/h2-5,8H,6-7,14H2,1H3. The number of hydrogen-bond acceptors (Lipinski definition) is 4. The monoisotopic (exact) mass is 258 g/mol. The van der Waals surface area contributed by atoms with Gasteiger partial charge in [0.1, 0.15) is 23.7 Å². The second-order valence-corrected chi connectivity index (χ2v) is 4.34. The number of carbonyl (C=O) groups is 1. The maximum absolute atomic E-state index is 12.5. The lowest BCUT2D eigenvalue weighted by Gasteiger charge is -2.29. The number of amides is 1. The van der Waals surface area contributed by atoms with E-state index in [1.54, 1.807) is 11.9 Å². The number of fused-ring (bicyclic) bond motifs is 1. The molecular formula is C13H14N4O2. The van der Waals surface area contributed by atoms with Crippen molar-refractivity contribution in [1.82, 2.24) is 9.78 Å². The van der Waals surface area contributed by atoms with Gasteiger partial charge in [0, 0.05) is 7.05 Å². The smallest absolute Gasteiger partial charge is 0.263 e. The van der Waals surface area contributed by atoms with Crippen LogP contribution in [0.2, 0.25) is 0 Å². The van der Waals surface area contributed by atoms with Crippen molar-refractivity contribution in [3.8, 4) is 5.75 Å². The maximum atomic E-state index is 12.5. The van der Waals surface area contributed by atoms with Crippen LogP contribution in [0.1, 0.15) is 10.4 Å². The lowest BCUT2D eigenvalue weighted by molar-refractivity contribution is 0.0977. The third-order valence-electron chi connectivity index (χ3n) is 3.19. The minimum Gasteiger partial charge on any atom is -0.490 e. The van der Waals surface area contributed by atoms with Gasteiger partial charge in [0.15, 0.2) is 0 Å². The molecule has 2 aromatic rings. The summed E-state index contributed by atoms with van der Waals surface area (Å²) >= 11 is 0. The third kappa shape index (κ3) is 1.81. The van der Waals surface area contributed by atoms with Gasteiger partial charge in [-0.2, -0.15) is 5.10 Å². The first-order valence-corrected chi connectivity index (χ1v) is 5.99. The molecule has 0 fully saturated rings. The quantitative estimate of drug-likeness (QED) is 0.829. The van der Waals surface area contributed by atoms with Gasteiger partial charge in [0.05, 0.1) is 18.4 Å². The van der Waals surface area contributed by atoms with Crippen molar-refractivity contribution in [2.75, 3.05) is 23.8 Å². The molecule has 1 amide bonds. The van der Waals surface area contributed by atoms with Gasteiger partial charge in [0.25, 0.3) is 5.91 Å². The van der Waals surface area contributed by atoms with Crippen LogP contribution >= 0.6 is 0 Å². The fourth-order valence-electron chi connectivity index (χ4n) is 2.14. The number of hydrogen-bond donors (Lipinski definition) is 1. The number of rotatable bonds is 1. The summed E-state index contributed by atoms with van der Waals surface area (Å²) in [6, 6.07) is 7.46. The van der Waals surface area contributed by atoms with Crippen LogP contribution in [-0.4, -0.2) is 28.8 Å². The molecule has 98 valence electrons. The molecule has 0 aliphatic carbocycles. The van der Waals surface area contributed by atoms with Crippen molar-refractivity contribution >= 4 is 17.4 Å². The molecule has 1 aromatic heterocycles. The van der Waals surface area contributed by atoms with Gasteiger partial charge in [-0.1, -0.05) is 12.1 Å². The average molecular weight is 258 g/mol. The summed E-state index contributed by atoms with van der Waals surface area (Å²) in [6.07, 6.45) is 1.50. The molecule has 6 heteroatoms. The van der Waals surface area contributed by atoms with Gasteiger partial charge in [-0.25, -0.2) is 0 Å². The highest BCUT2D eigenvalue weighted by Crippen LogP contribution is 2.32. The van der Waals surface area contributed by atoms with E-state index in [0.29, 0.717) is 30.3 Å². The molecule has 6 nitrogen and oxygen atoms in total. The Morgan fingerprint density at radius 1 is 1.42 bits per heavy atom. The van der Waals surface area contributed by atoms with Crippen LogP contribution < -0.4 is 15.4 Å². The Balaban J connectivity index is 2.00. The maximum Gasteiger partial charge on any atom is 0.263 e. The van der Waals surface area contributed by atoms with E-state index in [1.165, 1.54) is 10.9 Å². The number of nitrogen functional groups attached to an aromatic ring is 1. The highest BCUT2D eigenvalue weighted by Gasteiger charge is 2.26. The summed E-state index contributed by atoms with van der Waals surface area (Å²) in [5, 5.41) is 4.00. The van der Waals surface area contributed by atoms with Crippen LogP contribution in [-0.2, 0) is 7.05 Å². The Bertz CT molecular complexity index is 635. The van der Waals surface area contributed by atoms with Crippen molar-refractivity contribution in [2.24, 2.45) is 7.05 Å². The number of anilines is 2. The highest BCUT2D eigenvalue weighted by molar-refractivity contribution is 6.09. The molecule has 0 saturated carbocycles. The SMILES string of the molecule is Cn1ncc(C(=O)N2CCOc3ccccc32)c1N. The molecule has 0 radical (unpaired) electrons. The Labute approximate surface area is 110 Å². The Morgan fingerprint density at radius 3 is 2.95 bits per heavy atom. The van der Waals surface area contributed by atoms with Gasteiger partial charge in [-0.05, 0) is 12.1 Å². The van der Waals surface area contributed by atoms with Crippen molar-refractivity contribution in [3.63, 3.8) is 0 Å². The van der Waals surface area contributed by atoms with Gasteiger partial charge in [-0.3, -0.25) is 9.48 Å². The molecule has 0 saturated heterocycles. The van der Waals surface area contributed by atoms with Crippen LogP contribution in [0, 0.1) is 0 Å². The van der Waals surface area contributed by atoms with E-state index in [0.717, 1.165) is 5.69 Å². The van der Waals surface area contributed by atoms with Gasteiger partial charge in [0.2, 0.25) is 0 Å². The summed E-state index contributed by atoms with van der Waals surface area (Å²) in [7, 11) is 1.71. The van der Waals surface area contributed by atoms with Crippen molar-refractivity contribution in [1.29, 1.82) is 0 Å². The number of aryl methyl sites for hydroxylation is 1. The predicted molar refractivity (Wildman–Crippen MR) is 71.2 cm³/mol. The van der Waals surface area contributed by atoms with Crippen LogP contribution in [0.4, 0.5) is 11.5 Å². The highest BCUT2D eigenvalue weighted by atomic mass is 16.5. The molecule has 0 atom stereocenters. The Hall–Kier alpha value is -2.50. The fraction of sp³-hybridized carbons (Fsp3) is 0.231. The average Bonchev–Trinajstić information content (AvgIpc) is 2.78. The zero-order chi connectivity index (χ0) is 13.4. The van der Waals surface area contributed by atoms with E-state index >= 15 is 0 Å². The molecule has 2 N–H and O–H groups in total. The molecule has 1 aliphatic rings. The number of nitrogens with zero attached hydrogens (tertiary/aromatic N) is 3. The van der Waals surface area contributed by atoms with E-state index in [9.17, 15) is 4.79 Å². The first kappa shape index (κ1) is 11.6. The summed E-state index contributed by atoms with van der Waals surface area (Å²) in [4.78, 5) is 14.2. The van der Waals surface area contributed by atoms with E-state index in [2.05, 4.69) is 5.10 Å². The van der Waals surface area contributed by atoms with E-state index in [1.807, 2.05) is 24.3 Å². The zero-order valence-corrected chi connectivity index (χ0v) is 10.5. The Morgan fingerprint density at radius 2 is 2.21 bits per heavy atom. The lowest BCUT2D eigenvalue weighted by Crippen LogP contribution is -2.38. The lowest BCUT2D eigenvalue weighted by atomic mass is 10.2. The first-order chi connectivity index (χ1) is 9.18. The number of carbonyl (C=O) groups excluding carboxylic acids is 1. The number of nitrogens with two attached hydrogens (primary N) is 1. The largest absolute Gasteiger partial charge is 0.490 e. The minimum atomic E-state index is -0.152. The second kappa shape index (κ2) is 4.31. The number of aromatic nitrogens is 2. The topological polar surface area (TPSA) is 73.4 Å². The van der Waals surface area contributed by atoms with Crippen molar-refractivity contribution in [3.05, 3.63) is 36.0 Å². The van der Waals surface area contributed by atoms with Crippen molar-refractivity contribution < 1.29 is 9.53 Å². The fourth-order valence-corrected chi connectivity index (χ4v) is 2.14. The van der Waals surface area contributed by atoms with Crippen LogP contribution in [0.25, 0.3) is 0 Å². The van der Waals surface area contributed by atoms with Crippen LogP contribution in [0.3, 0.4) is 0 Å². The van der Waals surface area contributed by atoms with Gasteiger partial charge in [-0.15, -0.1) is 0 Å². The Kier molecular flexibility index (Phi) is 2.63. The molecule has 1 aromatic carbocycles. The summed E-state index contributed by atoms with van der Waals surface area (Å²) < 4.78 is 7.01. The number of benzene rings is 1. The molecule has 3 rings (SSSR count). The van der Waals surface area contributed by atoms with Crippen LogP contribution in [0.5, 0.6) is 5.75 Å². The zero-order valence-electron chi connectivity index (χ0n) is 10.5.